The van der Waals surface area contributed by atoms with Gasteiger partial charge in [-0.15, -0.1) is 0 Å². The van der Waals surface area contributed by atoms with E-state index in [1.807, 2.05) is 6.07 Å². The van der Waals surface area contributed by atoms with E-state index < -0.39 is 34.6 Å². The molecule has 0 unspecified atom stereocenters. The van der Waals surface area contributed by atoms with Crippen LogP contribution in [0.3, 0.4) is 0 Å². The van der Waals surface area contributed by atoms with Gasteiger partial charge in [0.15, 0.2) is 0 Å². The molecule has 27 heavy (non-hydrogen) atoms. The Bertz CT molecular complexity index is 854. The molecule has 7 nitrogen and oxygen atoms in total. The molecular formula is C19H20N2O5S. The van der Waals surface area contributed by atoms with E-state index in [1.54, 1.807) is 30.3 Å². The van der Waals surface area contributed by atoms with Gasteiger partial charge in [0.25, 0.3) is 5.91 Å². The monoisotopic (exact) mass is 388 g/mol. The smallest absolute Gasteiger partial charge is 0.308 e. The zero-order valence-corrected chi connectivity index (χ0v) is 15.5. The third-order valence-electron chi connectivity index (χ3n) is 3.60. The van der Waals surface area contributed by atoms with Crippen LogP contribution in [0.1, 0.15) is 23.7 Å². The maximum atomic E-state index is 12.4. The van der Waals surface area contributed by atoms with Crippen molar-refractivity contribution in [2.45, 2.75) is 24.3 Å². The first-order valence-electron chi connectivity index (χ1n) is 8.19. The van der Waals surface area contributed by atoms with Crippen molar-refractivity contribution in [3.8, 4) is 5.75 Å². The summed E-state index contributed by atoms with van der Waals surface area (Å²) in [6.07, 6.45) is 0.131. The van der Waals surface area contributed by atoms with E-state index in [0.29, 0.717) is 4.90 Å². The second-order valence-electron chi connectivity index (χ2n) is 5.70. The lowest BCUT2D eigenvalue weighted by atomic mass is 10.1. The quantitative estimate of drug-likeness (QED) is 0.524. The van der Waals surface area contributed by atoms with Gasteiger partial charge in [0, 0.05) is 23.1 Å². The summed E-state index contributed by atoms with van der Waals surface area (Å²) in [5, 5.41) is 2.53. The van der Waals surface area contributed by atoms with Crippen molar-refractivity contribution in [2.75, 3.05) is 5.75 Å². The van der Waals surface area contributed by atoms with E-state index in [0.717, 1.165) is 0 Å². The second-order valence-corrected chi connectivity index (χ2v) is 7.27. The average Bonchev–Trinajstić information content (AvgIpc) is 2.64. The number of hydrogen-bond acceptors (Lipinski definition) is 5. The number of primary amides is 1. The Morgan fingerprint density at radius 3 is 2.44 bits per heavy atom. The fraction of sp³-hybridized carbons (Fsp3) is 0.211. The Balaban J connectivity index is 2.01. The van der Waals surface area contributed by atoms with Gasteiger partial charge in [-0.2, -0.15) is 0 Å². The maximum Gasteiger partial charge on any atom is 0.308 e. The second kappa shape index (κ2) is 9.63. The predicted octanol–water partition coefficient (Wildman–Crippen LogP) is 1.39. The van der Waals surface area contributed by atoms with Gasteiger partial charge in [0.2, 0.25) is 5.91 Å². The molecule has 0 fully saturated rings. The van der Waals surface area contributed by atoms with E-state index >= 15 is 0 Å². The SMILES string of the molecule is CC(=O)Oc1cccc(C(=O)N[C@@H](CC[S@@](=O)c2ccccc2)C(N)=O)c1. The van der Waals surface area contributed by atoms with Gasteiger partial charge in [-0.1, -0.05) is 24.3 Å². The van der Waals surface area contributed by atoms with E-state index in [9.17, 15) is 18.6 Å². The van der Waals surface area contributed by atoms with Crippen LogP contribution in [0.5, 0.6) is 5.75 Å². The number of hydrogen-bond donors (Lipinski definition) is 2. The number of nitrogens with two attached hydrogens (primary N) is 1. The van der Waals surface area contributed by atoms with Crippen molar-refractivity contribution in [2.24, 2.45) is 5.73 Å². The highest BCUT2D eigenvalue weighted by Crippen LogP contribution is 2.14. The summed E-state index contributed by atoms with van der Waals surface area (Å²) in [6.45, 7) is 1.25. The van der Waals surface area contributed by atoms with Crippen LogP contribution in [-0.2, 0) is 20.4 Å². The zero-order valence-electron chi connectivity index (χ0n) is 14.7. The van der Waals surface area contributed by atoms with E-state index in [2.05, 4.69) is 5.32 Å². The number of benzene rings is 2. The van der Waals surface area contributed by atoms with Crippen LogP contribution in [-0.4, -0.2) is 33.8 Å². The summed E-state index contributed by atoms with van der Waals surface area (Å²) in [5.74, 6) is -1.38. The van der Waals surface area contributed by atoms with Gasteiger partial charge < -0.3 is 15.8 Å². The van der Waals surface area contributed by atoms with Crippen molar-refractivity contribution in [1.29, 1.82) is 0 Å². The van der Waals surface area contributed by atoms with Gasteiger partial charge in [0.1, 0.15) is 11.8 Å². The number of carbonyl (C=O) groups excluding carboxylic acids is 3. The molecule has 142 valence electrons. The molecule has 0 heterocycles. The average molecular weight is 388 g/mol. The van der Waals surface area contributed by atoms with Crippen molar-refractivity contribution >= 4 is 28.6 Å². The van der Waals surface area contributed by atoms with Gasteiger partial charge in [-0.05, 0) is 36.8 Å². The van der Waals surface area contributed by atoms with Crippen LogP contribution in [0.2, 0.25) is 0 Å². The molecule has 2 amide bonds. The molecule has 0 saturated heterocycles. The summed E-state index contributed by atoms with van der Waals surface area (Å²) in [4.78, 5) is 35.7. The number of rotatable bonds is 8. The lowest BCUT2D eigenvalue weighted by Crippen LogP contribution is -2.45. The van der Waals surface area contributed by atoms with Crippen molar-refractivity contribution in [3.63, 3.8) is 0 Å². The first-order valence-corrected chi connectivity index (χ1v) is 9.51. The van der Waals surface area contributed by atoms with Crippen molar-refractivity contribution in [3.05, 3.63) is 60.2 Å². The third kappa shape index (κ3) is 6.34. The highest BCUT2D eigenvalue weighted by Gasteiger charge is 2.20. The van der Waals surface area contributed by atoms with Crippen LogP contribution < -0.4 is 15.8 Å². The first-order chi connectivity index (χ1) is 12.9. The Hall–Kier alpha value is -3.00. The van der Waals surface area contributed by atoms with E-state index in [4.69, 9.17) is 10.5 Å². The molecule has 2 atom stereocenters. The minimum Gasteiger partial charge on any atom is -0.427 e. The topological polar surface area (TPSA) is 116 Å². The molecule has 0 aliphatic rings. The number of ether oxygens (including phenoxy) is 1. The molecule has 2 rings (SSSR count). The minimum absolute atomic E-state index is 0.131. The van der Waals surface area contributed by atoms with Crippen molar-refractivity contribution in [1.82, 2.24) is 5.32 Å². The number of nitrogens with one attached hydrogen (secondary N) is 1. The molecular weight excluding hydrogens is 368 g/mol. The minimum atomic E-state index is -1.31. The molecule has 0 bridgehead atoms. The van der Waals surface area contributed by atoms with Gasteiger partial charge in [0.05, 0.1) is 10.8 Å². The highest BCUT2D eigenvalue weighted by molar-refractivity contribution is 7.85. The first kappa shape index (κ1) is 20.3. The molecule has 0 aliphatic heterocycles. The number of esters is 1. The van der Waals surface area contributed by atoms with Crippen LogP contribution in [0.15, 0.2) is 59.5 Å². The fourth-order valence-corrected chi connectivity index (χ4v) is 3.46. The Morgan fingerprint density at radius 2 is 1.81 bits per heavy atom. The lowest BCUT2D eigenvalue weighted by molar-refractivity contribution is -0.131. The summed E-state index contributed by atoms with van der Waals surface area (Å²) >= 11 is 0. The van der Waals surface area contributed by atoms with E-state index in [-0.39, 0.29) is 23.5 Å². The molecule has 0 radical (unpaired) electrons. The molecule has 3 N–H and O–H groups in total. The molecule has 0 aliphatic carbocycles. The zero-order chi connectivity index (χ0) is 19.8. The van der Waals surface area contributed by atoms with Gasteiger partial charge >= 0.3 is 5.97 Å². The summed E-state index contributed by atoms with van der Waals surface area (Å²) in [5.41, 5.74) is 5.57. The third-order valence-corrected chi connectivity index (χ3v) is 5.01. The predicted molar refractivity (Wildman–Crippen MR) is 101 cm³/mol. The lowest BCUT2D eigenvalue weighted by Gasteiger charge is -2.15. The highest BCUT2D eigenvalue weighted by atomic mass is 32.2. The Kier molecular flexibility index (Phi) is 7.25. The molecule has 0 aromatic heterocycles. The molecule has 0 saturated carbocycles. The van der Waals surface area contributed by atoms with Gasteiger partial charge in [-0.25, -0.2) is 0 Å². The Labute approximate surface area is 159 Å². The van der Waals surface area contributed by atoms with Crippen LogP contribution in [0.25, 0.3) is 0 Å². The van der Waals surface area contributed by atoms with Crippen molar-refractivity contribution < 1.29 is 23.3 Å². The number of amides is 2. The molecule has 2 aromatic rings. The molecule has 2 aromatic carbocycles. The Morgan fingerprint density at radius 1 is 1.11 bits per heavy atom. The summed E-state index contributed by atoms with van der Waals surface area (Å²) < 4.78 is 17.2. The van der Waals surface area contributed by atoms with Crippen LogP contribution in [0, 0.1) is 0 Å². The van der Waals surface area contributed by atoms with Gasteiger partial charge in [-0.3, -0.25) is 18.6 Å². The standard InChI is InChI=1S/C19H20N2O5S/c1-13(22)26-15-7-5-6-14(12-15)19(24)21-17(18(20)23)10-11-27(25)16-8-3-2-4-9-16/h2-9,12,17H,10-11H2,1H3,(H2,20,23)(H,21,24)/t17-,27+/m0/s1. The van der Waals surface area contributed by atoms with Crippen LogP contribution in [0.4, 0.5) is 0 Å². The molecule has 8 heteroatoms. The maximum absolute atomic E-state index is 12.4. The normalized spacial score (nSPS) is 12.6. The largest absolute Gasteiger partial charge is 0.427 e. The van der Waals surface area contributed by atoms with Crippen LogP contribution >= 0.6 is 0 Å². The summed E-state index contributed by atoms with van der Waals surface area (Å²) in [7, 11) is -1.31. The number of carbonyl (C=O) groups is 3. The molecule has 0 spiro atoms. The summed E-state index contributed by atoms with van der Waals surface area (Å²) in [6, 6.07) is 13.8. The fourth-order valence-electron chi connectivity index (χ4n) is 2.31. The van der Waals surface area contributed by atoms with E-state index in [1.165, 1.54) is 25.1 Å².